The van der Waals surface area contributed by atoms with Crippen molar-refractivity contribution in [3.63, 3.8) is 0 Å². The average molecular weight is 307 g/mol. The fourth-order valence-electron chi connectivity index (χ4n) is 2.42. The molecule has 1 atom stereocenters. The van der Waals surface area contributed by atoms with E-state index >= 15 is 0 Å². The van der Waals surface area contributed by atoms with Gasteiger partial charge in [0.2, 0.25) is 0 Å². The third kappa shape index (κ3) is 2.64. The van der Waals surface area contributed by atoms with Gasteiger partial charge in [0.15, 0.2) is 0 Å². The number of tetrazole rings is 1. The van der Waals surface area contributed by atoms with Crippen molar-refractivity contribution in [2.75, 3.05) is 13.1 Å². The number of rotatable bonds is 3. The number of hydrogen-bond donors (Lipinski definition) is 1. The topological polar surface area (TPSA) is 101 Å². The molecular formula is C12H13N5O3S. The summed E-state index contributed by atoms with van der Waals surface area (Å²) in [5.74, 6) is -1.50. The number of nitrogens with zero attached hydrogens (tertiary/aromatic N) is 5. The third-order valence-corrected chi connectivity index (χ3v) is 4.38. The second-order valence-electron chi connectivity index (χ2n) is 4.82. The number of amides is 1. The van der Waals surface area contributed by atoms with Crippen LogP contribution in [0.25, 0.3) is 5.69 Å². The molecule has 2 aromatic rings. The van der Waals surface area contributed by atoms with Crippen LogP contribution in [-0.4, -0.2) is 55.2 Å². The van der Waals surface area contributed by atoms with Crippen molar-refractivity contribution < 1.29 is 14.7 Å². The summed E-state index contributed by atoms with van der Waals surface area (Å²) in [4.78, 5) is 25.8. The van der Waals surface area contributed by atoms with Gasteiger partial charge in [-0.05, 0) is 34.7 Å². The zero-order chi connectivity index (χ0) is 14.8. The van der Waals surface area contributed by atoms with Crippen LogP contribution >= 0.6 is 11.3 Å². The number of piperidine rings is 1. The van der Waals surface area contributed by atoms with Crippen LogP contribution in [0.3, 0.4) is 0 Å². The van der Waals surface area contributed by atoms with E-state index < -0.39 is 11.9 Å². The van der Waals surface area contributed by atoms with E-state index in [-0.39, 0.29) is 12.5 Å². The number of likely N-dealkylation sites (tertiary alicyclic amines) is 1. The van der Waals surface area contributed by atoms with Gasteiger partial charge in [0.1, 0.15) is 11.2 Å². The lowest BCUT2D eigenvalue weighted by molar-refractivity contribution is -0.143. The number of aromatic nitrogens is 4. The molecule has 1 saturated heterocycles. The molecule has 3 rings (SSSR count). The standard InChI is InChI=1S/C12H13N5O3S/c18-11(16-4-1-2-8(6-16)12(19)20)10-9(3-5-21-10)17-7-13-14-15-17/h3,5,7-8H,1-2,4,6H2,(H,19,20). The maximum atomic E-state index is 12.6. The molecule has 1 fully saturated rings. The summed E-state index contributed by atoms with van der Waals surface area (Å²) < 4.78 is 1.43. The van der Waals surface area contributed by atoms with Gasteiger partial charge in [-0.15, -0.1) is 16.4 Å². The van der Waals surface area contributed by atoms with Gasteiger partial charge in [-0.3, -0.25) is 9.59 Å². The lowest BCUT2D eigenvalue weighted by Gasteiger charge is -2.30. The van der Waals surface area contributed by atoms with E-state index in [9.17, 15) is 9.59 Å². The van der Waals surface area contributed by atoms with Crippen LogP contribution in [-0.2, 0) is 4.79 Å². The Hall–Kier alpha value is -2.29. The number of hydrogen-bond acceptors (Lipinski definition) is 6. The molecule has 0 aromatic carbocycles. The highest BCUT2D eigenvalue weighted by molar-refractivity contribution is 7.12. The number of carbonyl (C=O) groups is 2. The van der Waals surface area contributed by atoms with Gasteiger partial charge in [-0.2, -0.15) is 4.68 Å². The van der Waals surface area contributed by atoms with Crippen LogP contribution in [0.1, 0.15) is 22.5 Å². The molecule has 1 aliphatic rings. The highest BCUT2D eigenvalue weighted by Crippen LogP contribution is 2.25. The number of carbonyl (C=O) groups excluding carboxylic acids is 1. The Labute approximate surface area is 124 Å². The molecule has 0 aliphatic carbocycles. The van der Waals surface area contributed by atoms with Crippen molar-refractivity contribution in [1.29, 1.82) is 0 Å². The lowest BCUT2D eigenvalue weighted by Crippen LogP contribution is -2.42. The number of carboxylic acids is 1. The van der Waals surface area contributed by atoms with Gasteiger partial charge in [-0.1, -0.05) is 0 Å². The second-order valence-corrected chi connectivity index (χ2v) is 5.73. The van der Waals surface area contributed by atoms with Crippen LogP contribution in [0.2, 0.25) is 0 Å². The Morgan fingerprint density at radius 2 is 2.29 bits per heavy atom. The summed E-state index contributed by atoms with van der Waals surface area (Å²) >= 11 is 1.30. The summed E-state index contributed by atoms with van der Waals surface area (Å²) in [6, 6.07) is 1.77. The summed E-state index contributed by atoms with van der Waals surface area (Å²) in [7, 11) is 0. The molecule has 1 N–H and O–H groups in total. The molecule has 3 heterocycles. The molecule has 110 valence electrons. The predicted octanol–water partition coefficient (Wildman–Crippen LogP) is 0.661. The fraction of sp³-hybridized carbons (Fsp3) is 0.417. The van der Waals surface area contributed by atoms with Crippen LogP contribution in [0.4, 0.5) is 0 Å². The van der Waals surface area contributed by atoms with Crippen molar-refractivity contribution in [2.24, 2.45) is 5.92 Å². The molecule has 1 unspecified atom stereocenters. The Morgan fingerprint density at radius 1 is 1.43 bits per heavy atom. The monoisotopic (exact) mass is 307 g/mol. The maximum Gasteiger partial charge on any atom is 0.308 e. The zero-order valence-electron chi connectivity index (χ0n) is 11.0. The molecule has 0 saturated carbocycles. The summed E-state index contributed by atoms with van der Waals surface area (Å²) in [6.45, 7) is 0.830. The summed E-state index contributed by atoms with van der Waals surface area (Å²) in [6.07, 6.45) is 2.74. The minimum Gasteiger partial charge on any atom is -0.481 e. The van der Waals surface area contributed by atoms with Crippen molar-refractivity contribution in [3.8, 4) is 5.69 Å². The van der Waals surface area contributed by atoms with E-state index in [4.69, 9.17) is 5.11 Å². The molecule has 2 aromatic heterocycles. The molecule has 0 spiro atoms. The molecule has 1 aliphatic heterocycles. The summed E-state index contributed by atoms with van der Waals surface area (Å²) in [5.41, 5.74) is 0.618. The van der Waals surface area contributed by atoms with E-state index in [2.05, 4.69) is 15.5 Å². The highest BCUT2D eigenvalue weighted by Gasteiger charge is 2.30. The molecule has 8 nitrogen and oxygen atoms in total. The van der Waals surface area contributed by atoms with Crippen molar-refractivity contribution >= 4 is 23.2 Å². The smallest absolute Gasteiger partial charge is 0.308 e. The highest BCUT2D eigenvalue weighted by atomic mass is 32.1. The predicted molar refractivity (Wildman–Crippen MR) is 73.3 cm³/mol. The molecule has 0 bridgehead atoms. The van der Waals surface area contributed by atoms with Crippen LogP contribution in [0, 0.1) is 5.92 Å². The summed E-state index contributed by atoms with van der Waals surface area (Å²) in [5, 5.41) is 21.8. The van der Waals surface area contributed by atoms with E-state index in [0.29, 0.717) is 30.0 Å². The minimum absolute atomic E-state index is 0.165. The fourth-order valence-corrected chi connectivity index (χ4v) is 3.27. The first-order valence-electron chi connectivity index (χ1n) is 6.49. The molecule has 0 radical (unpaired) electrons. The van der Waals surface area contributed by atoms with Gasteiger partial charge in [0, 0.05) is 13.1 Å². The van der Waals surface area contributed by atoms with Crippen molar-refractivity contribution in [1.82, 2.24) is 25.1 Å². The first kappa shape index (κ1) is 13.7. The van der Waals surface area contributed by atoms with E-state index in [1.165, 1.54) is 22.3 Å². The van der Waals surface area contributed by atoms with Gasteiger partial charge in [-0.25, -0.2) is 0 Å². The lowest BCUT2D eigenvalue weighted by atomic mass is 9.98. The molecule has 21 heavy (non-hydrogen) atoms. The molecule has 9 heteroatoms. The molecular weight excluding hydrogens is 294 g/mol. The van der Waals surface area contributed by atoms with Crippen LogP contribution in [0.5, 0.6) is 0 Å². The normalized spacial score (nSPS) is 18.7. The number of carboxylic acid groups (broad SMARTS) is 1. The number of aliphatic carboxylic acids is 1. The third-order valence-electron chi connectivity index (χ3n) is 3.49. The van der Waals surface area contributed by atoms with E-state index in [1.54, 1.807) is 16.3 Å². The van der Waals surface area contributed by atoms with E-state index in [0.717, 1.165) is 0 Å². The maximum absolute atomic E-state index is 12.6. The molecule has 1 amide bonds. The Bertz CT molecular complexity index is 654. The number of thiophene rings is 1. The minimum atomic E-state index is -0.848. The quantitative estimate of drug-likeness (QED) is 0.894. The zero-order valence-corrected chi connectivity index (χ0v) is 11.9. The second kappa shape index (κ2) is 5.60. The van der Waals surface area contributed by atoms with Crippen molar-refractivity contribution in [2.45, 2.75) is 12.8 Å². The van der Waals surface area contributed by atoms with Gasteiger partial charge in [0.05, 0.1) is 11.6 Å². The Morgan fingerprint density at radius 3 is 3.00 bits per heavy atom. The Balaban J connectivity index is 1.83. The average Bonchev–Trinajstić information content (AvgIpc) is 3.17. The first-order chi connectivity index (χ1) is 10.2. The Kier molecular flexibility index (Phi) is 3.65. The van der Waals surface area contributed by atoms with Gasteiger partial charge < -0.3 is 10.0 Å². The first-order valence-corrected chi connectivity index (χ1v) is 7.37. The van der Waals surface area contributed by atoms with E-state index in [1.807, 2.05) is 0 Å². The van der Waals surface area contributed by atoms with Crippen molar-refractivity contribution in [3.05, 3.63) is 22.7 Å². The largest absolute Gasteiger partial charge is 0.481 e. The van der Waals surface area contributed by atoms with Gasteiger partial charge >= 0.3 is 5.97 Å². The van der Waals surface area contributed by atoms with Crippen LogP contribution < -0.4 is 0 Å². The van der Waals surface area contributed by atoms with Gasteiger partial charge in [0.25, 0.3) is 5.91 Å². The SMILES string of the molecule is O=C(O)C1CCCN(C(=O)c2sccc2-n2cnnn2)C1. The van der Waals surface area contributed by atoms with Crippen LogP contribution in [0.15, 0.2) is 17.8 Å².